The Hall–Kier alpha value is -1.16. The van der Waals surface area contributed by atoms with Crippen LogP contribution in [-0.4, -0.2) is 25.7 Å². The predicted molar refractivity (Wildman–Crippen MR) is 51.9 cm³/mol. The smallest absolute Gasteiger partial charge is 0.176 e. The largest absolute Gasteiger partial charge is 0.373 e. The lowest BCUT2D eigenvalue weighted by atomic mass is 10.1. The summed E-state index contributed by atoms with van der Waals surface area (Å²) in [5, 5.41) is 0. The van der Waals surface area contributed by atoms with Crippen LogP contribution in [0.2, 0.25) is 0 Å². The maximum atomic E-state index is 11.4. The van der Waals surface area contributed by atoms with E-state index in [4.69, 9.17) is 0 Å². The fourth-order valence-corrected chi connectivity index (χ4v) is 2.43. The summed E-state index contributed by atoms with van der Waals surface area (Å²) in [7, 11) is 1.94. The minimum atomic E-state index is 0.159. The maximum Gasteiger partial charge on any atom is 0.176 e. The Kier molecular flexibility index (Phi) is 1.92. The Labute approximate surface area is 80.0 Å². The van der Waals surface area contributed by atoms with E-state index in [1.165, 1.54) is 11.3 Å². The van der Waals surface area contributed by atoms with Crippen molar-refractivity contribution >= 4 is 29.1 Å². The second-order valence-electron chi connectivity index (χ2n) is 3.08. The van der Waals surface area contributed by atoms with Crippen molar-refractivity contribution in [3.05, 3.63) is 15.8 Å². The van der Waals surface area contributed by atoms with Crippen LogP contribution in [0.5, 0.6) is 0 Å². The lowest BCUT2D eigenvalue weighted by Gasteiger charge is -2.22. The van der Waals surface area contributed by atoms with Crippen molar-refractivity contribution in [1.29, 1.82) is 0 Å². The first kappa shape index (κ1) is 8.44. The van der Waals surface area contributed by atoms with Gasteiger partial charge < -0.3 is 4.90 Å². The van der Waals surface area contributed by atoms with E-state index in [9.17, 15) is 9.59 Å². The summed E-state index contributed by atoms with van der Waals surface area (Å²) >= 11 is 1.29. The first-order valence-electron chi connectivity index (χ1n) is 4.05. The number of hydrogen-bond acceptors (Lipinski definition) is 4. The first-order valence-corrected chi connectivity index (χ1v) is 4.87. The molecule has 1 aromatic heterocycles. The molecule has 0 atom stereocenters. The lowest BCUT2D eigenvalue weighted by Crippen LogP contribution is -2.26. The van der Waals surface area contributed by atoms with Crippen molar-refractivity contribution in [2.24, 2.45) is 0 Å². The monoisotopic (exact) mass is 195 g/mol. The summed E-state index contributed by atoms with van der Waals surface area (Å²) < 4.78 is 0. The van der Waals surface area contributed by atoms with E-state index in [1.807, 2.05) is 11.9 Å². The highest BCUT2D eigenvalue weighted by molar-refractivity contribution is 7.16. The van der Waals surface area contributed by atoms with Crippen molar-refractivity contribution in [1.82, 2.24) is 0 Å². The quantitative estimate of drug-likeness (QED) is 0.638. The van der Waals surface area contributed by atoms with E-state index in [0.29, 0.717) is 11.3 Å². The van der Waals surface area contributed by atoms with Gasteiger partial charge in [0.1, 0.15) is 0 Å². The van der Waals surface area contributed by atoms with Gasteiger partial charge in [0, 0.05) is 20.0 Å². The lowest BCUT2D eigenvalue weighted by molar-refractivity contribution is 0.0984. The molecule has 68 valence electrons. The normalized spacial score (nSPS) is 15.8. The zero-order valence-electron chi connectivity index (χ0n) is 7.24. The van der Waals surface area contributed by atoms with Crippen LogP contribution in [0.15, 0.2) is 6.07 Å². The van der Waals surface area contributed by atoms with Gasteiger partial charge in [-0.15, -0.1) is 11.3 Å². The van der Waals surface area contributed by atoms with Crippen LogP contribution in [0.4, 0.5) is 5.69 Å². The van der Waals surface area contributed by atoms with Crippen LogP contribution < -0.4 is 4.90 Å². The van der Waals surface area contributed by atoms with E-state index >= 15 is 0 Å². The molecule has 3 nitrogen and oxygen atoms in total. The molecule has 4 heteroatoms. The number of fused-ring (bicyclic) bond motifs is 1. The highest BCUT2D eigenvalue weighted by Gasteiger charge is 2.23. The summed E-state index contributed by atoms with van der Waals surface area (Å²) in [4.78, 5) is 25.3. The number of nitrogens with zero attached hydrogens (tertiary/aromatic N) is 1. The average molecular weight is 195 g/mol. The minimum Gasteiger partial charge on any atom is -0.373 e. The fraction of sp³-hybridized carbons (Fsp3) is 0.333. The number of hydrogen-bond donors (Lipinski definition) is 0. The molecule has 2 rings (SSSR count). The highest BCUT2D eigenvalue weighted by Crippen LogP contribution is 2.33. The van der Waals surface area contributed by atoms with Crippen molar-refractivity contribution in [2.45, 2.75) is 6.42 Å². The molecular weight excluding hydrogens is 186 g/mol. The van der Waals surface area contributed by atoms with Crippen molar-refractivity contribution < 1.29 is 9.59 Å². The number of carbonyl (C=O) groups excluding carboxylic acids is 2. The minimum absolute atomic E-state index is 0.159. The van der Waals surface area contributed by atoms with Gasteiger partial charge in [-0.25, -0.2) is 0 Å². The van der Waals surface area contributed by atoms with Crippen LogP contribution in [0.3, 0.4) is 0 Å². The van der Waals surface area contributed by atoms with E-state index in [-0.39, 0.29) is 5.78 Å². The van der Waals surface area contributed by atoms with Gasteiger partial charge in [-0.05, 0) is 6.07 Å². The molecule has 2 heterocycles. The molecule has 0 amide bonds. The van der Waals surface area contributed by atoms with Crippen molar-refractivity contribution in [3.8, 4) is 0 Å². The van der Waals surface area contributed by atoms with Gasteiger partial charge >= 0.3 is 0 Å². The Morgan fingerprint density at radius 2 is 2.38 bits per heavy atom. The Balaban J connectivity index is 2.53. The number of ketones is 1. The van der Waals surface area contributed by atoms with Crippen LogP contribution >= 0.6 is 11.3 Å². The number of anilines is 1. The summed E-state index contributed by atoms with van der Waals surface area (Å²) in [6.07, 6.45) is 1.35. The van der Waals surface area contributed by atoms with E-state index in [0.717, 1.165) is 23.4 Å². The molecule has 0 aromatic carbocycles. The van der Waals surface area contributed by atoms with E-state index in [2.05, 4.69) is 0 Å². The van der Waals surface area contributed by atoms with E-state index < -0.39 is 0 Å². The number of rotatable bonds is 1. The standard InChI is InChI=1S/C9H9NO2S/c1-10-3-2-8(12)9-7(10)4-6(5-11)13-9/h4-5H,2-3H2,1H3. The van der Waals surface area contributed by atoms with Crippen molar-refractivity contribution in [3.63, 3.8) is 0 Å². The van der Waals surface area contributed by atoms with Crippen LogP contribution in [0.25, 0.3) is 0 Å². The summed E-state index contributed by atoms with van der Waals surface area (Å²) in [5.74, 6) is 0.159. The second-order valence-corrected chi connectivity index (χ2v) is 4.16. The zero-order valence-corrected chi connectivity index (χ0v) is 8.06. The molecule has 0 radical (unpaired) electrons. The molecule has 0 spiro atoms. The zero-order chi connectivity index (χ0) is 9.42. The maximum absolute atomic E-state index is 11.4. The fourth-order valence-electron chi connectivity index (χ4n) is 1.44. The molecule has 0 aliphatic carbocycles. The van der Waals surface area contributed by atoms with Crippen LogP contribution in [0, 0.1) is 0 Å². The van der Waals surface area contributed by atoms with Crippen LogP contribution in [0.1, 0.15) is 25.8 Å². The SMILES string of the molecule is CN1CCC(=O)c2sc(C=O)cc21. The Morgan fingerprint density at radius 3 is 3.00 bits per heavy atom. The van der Waals surface area contributed by atoms with Gasteiger partial charge in [0.15, 0.2) is 12.1 Å². The first-order chi connectivity index (χ1) is 6.22. The van der Waals surface area contributed by atoms with Gasteiger partial charge in [-0.2, -0.15) is 0 Å². The highest BCUT2D eigenvalue weighted by atomic mass is 32.1. The third kappa shape index (κ3) is 1.27. The number of thiophene rings is 1. The molecule has 0 saturated heterocycles. The molecule has 1 aliphatic heterocycles. The summed E-state index contributed by atoms with van der Waals surface area (Å²) in [6.45, 7) is 0.751. The summed E-state index contributed by atoms with van der Waals surface area (Å²) in [5.41, 5.74) is 0.906. The number of Topliss-reactive ketones (excluding diaryl/α,β-unsaturated/α-hetero) is 1. The molecule has 0 bridgehead atoms. The van der Waals surface area contributed by atoms with Crippen LogP contribution in [-0.2, 0) is 0 Å². The molecule has 0 fully saturated rings. The Bertz CT molecular complexity index is 370. The average Bonchev–Trinajstić information content (AvgIpc) is 2.56. The van der Waals surface area contributed by atoms with Gasteiger partial charge in [0.2, 0.25) is 0 Å². The molecule has 1 aliphatic rings. The Morgan fingerprint density at radius 1 is 1.62 bits per heavy atom. The van der Waals surface area contributed by atoms with Gasteiger partial charge in [-0.1, -0.05) is 0 Å². The van der Waals surface area contributed by atoms with Gasteiger partial charge in [0.05, 0.1) is 15.4 Å². The third-order valence-corrected chi connectivity index (χ3v) is 3.28. The topological polar surface area (TPSA) is 37.4 Å². The molecule has 0 N–H and O–H groups in total. The molecule has 1 aromatic rings. The van der Waals surface area contributed by atoms with Gasteiger partial charge in [-0.3, -0.25) is 9.59 Å². The molecule has 0 saturated carbocycles. The summed E-state index contributed by atoms with van der Waals surface area (Å²) in [6, 6.07) is 1.78. The van der Waals surface area contributed by atoms with Crippen molar-refractivity contribution in [2.75, 3.05) is 18.5 Å². The molecule has 0 unspecified atom stereocenters. The predicted octanol–water partition coefficient (Wildman–Crippen LogP) is 1.58. The molecular formula is C9H9NO2S. The third-order valence-electron chi connectivity index (χ3n) is 2.19. The second kappa shape index (κ2) is 2.96. The van der Waals surface area contributed by atoms with Gasteiger partial charge in [0.25, 0.3) is 0 Å². The number of aldehydes is 1. The molecule has 13 heavy (non-hydrogen) atoms. The van der Waals surface area contributed by atoms with E-state index in [1.54, 1.807) is 6.07 Å². The number of carbonyl (C=O) groups is 2.